The van der Waals surface area contributed by atoms with E-state index in [2.05, 4.69) is 5.32 Å². The Balaban J connectivity index is 2.30. The van der Waals surface area contributed by atoms with Gasteiger partial charge in [0.15, 0.2) is 0 Å². The topological polar surface area (TPSA) is 107 Å². The van der Waals surface area contributed by atoms with Crippen molar-refractivity contribution < 1.29 is 24.3 Å². The molecule has 4 N–H and O–H groups in total. The normalized spacial score (nSPS) is 27.9. The molecule has 0 amide bonds. The number of nitrogens with one attached hydrogen (secondary N) is 1. The quantitative estimate of drug-likeness (QED) is 0.484. The molecule has 0 unspecified atom stereocenters. The van der Waals surface area contributed by atoms with Crippen LogP contribution in [0.2, 0.25) is 0 Å². The second kappa shape index (κ2) is 4.40. The Morgan fingerprint density at radius 1 is 1.50 bits per heavy atom. The van der Waals surface area contributed by atoms with E-state index in [4.69, 9.17) is 14.9 Å². The SMILES string of the molecule is O=C(O)[C@@H]1C[C@H](CCP(=O)(O)O)CN1. The van der Waals surface area contributed by atoms with E-state index in [9.17, 15) is 9.36 Å². The molecule has 0 aromatic carbocycles. The first kappa shape index (κ1) is 11.7. The molecule has 0 radical (unpaired) electrons. The number of carboxylic acid groups (broad SMARTS) is 1. The molecular weight excluding hydrogens is 209 g/mol. The van der Waals surface area contributed by atoms with Crippen LogP contribution in [-0.2, 0) is 9.36 Å². The van der Waals surface area contributed by atoms with Gasteiger partial charge in [0.1, 0.15) is 6.04 Å². The van der Waals surface area contributed by atoms with Crippen LogP contribution < -0.4 is 5.32 Å². The molecule has 1 aliphatic rings. The van der Waals surface area contributed by atoms with Crippen molar-refractivity contribution in [2.24, 2.45) is 5.92 Å². The van der Waals surface area contributed by atoms with Crippen molar-refractivity contribution in [3.63, 3.8) is 0 Å². The van der Waals surface area contributed by atoms with Gasteiger partial charge in [-0.05, 0) is 25.3 Å². The van der Waals surface area contributed by atoms with E-state index < -0.39 is 19.6 Å². The molecule has 1 rings (SSSR count). The molecular formula is C7H14NO5P. The summed E-state index contributed by atoms with van der Waals surface area (Å²) in [7, 11) is -3.94. The molecule has 2 atom stereocenters. The van der Waals surface area contributed by atoms with Crippen LogP contribution in [0.1, 0.15) is 12.8 Å². The first-order valence-electron chi connectivity index (χ1n) is 4.39. The lowest BCUT2D eigenvalue weighted by Crippen LogP contribution is -2.29. The molecule has 0 aliphatic carbocycles. The van der Waals surface area contributed by atoms with Crippen molar-refractivity contribution in [3.8, 4) is 0 Å². The Morgan fingerprint density at radius 3 is 2.57 bits per heavy atom. The molecule has 1 fully saturated rings. The highest BCUT2D eigenvalue weighted by atomic mass is 31.2. The molecule has 6 nitrogen and oxygen atoms in total. The molecule has 1 heterocycles. The standard InChI is InChI=1S/C7H14NO5P/c9-7(10)6-3-5(4-8-6)1-2-14(11,12)13/h5-6,8H,1-4H2,(H,9,10)(H2,11,12,13)/t5-,6-/m0/s1. The zero-order valence-corrected chi connectivity index (χ0v) is 8.48. The fraction of sp³-hybridized carbons (Fsp3) is 0.857. The highest BCUT2D eigenvalue weighted by Crippen LogP contribution is 2.37. The Morgan fingerprint density at radius 2 is 2.14 bits per heavy atom. The zero-order valence-electron chi connectivity index (χ0n) is 7.59. The van der Waals surface area contributed by atoms with Crippen LogP contribution in [-0.4, -0.2) is 39.6 Å². The maximum Gasteiger partial charge on any atom is 0.325 e. The van der Waals surface area contributed by atoms with Gasteiger partial charge in [-0.2, -0.15) is 0 Å². The summed E-state index contributed by atoms with van der Waals surface area (Å²) in [5, 5.41) is 11.4. The van der Waals surface area contributed by atoms with E-state index in [1.807, 2.05) is 0 Å². The number of hydrogen-bond donors (Lipinski definition) is 4. The first-order chi connectivity index (χ1) is 6.38. The largest absolute Gasteiger partial charge is 0.480 e. The minimum Gasteiger partial charge on any atom is -0.480 e. The molecule has 0 aromatic rings. The number of aliphatic carboxylic acids is 1. The monoisotopic (exact) mass is 223 g/mol. The van der Waals surface area contributed by atoms with E-state index in [1.165, 1.54) is 0 Å². The highest BCUT2D eigenvalue weighted by Gasteiger charge is 2.30. The lowest BCUT2D eigenvalue weighted by molar-refractivity contribution is -0.139. The summed E-state index contributed by atoms with van der Waals surface area (Å²) in [4.78, 5) is 27.8. The van der Waals surface area contributed by atoms with Crippen molar-refractivity contribution in [1.29, 1.82) is 0 Å². The van der Waals surface area contributed by atoms with E-state index in [0.717, 1.165) is 0 Å². The van der Waals surface area contributed by atoms with Crippen molar-refractivity contribution in [2.75, 3.05) is 12.7 Å². The van der Waals surface area contributed by atoms with Crippen LogP contribution in [0, 0.1) is 5.92 Å². The molecule has 0 saturated carbocycles. The highest BCUT2D eigenvalue weighted by molar-refractivity contribution is 7.51. The summed E-state index contributed by atoms with van der Waals surface area (Å²) in [5.41, 5.74) is 0. The van der Waals surface area contributed by atoms with E-state index in [0.29, 0.717) is 19.4 Å². The van der Waals surface area contributed by atoms with Gasteiger partial charge >= 0.3 is 13.6 Å². The third-order valence-corrected chi connectivity index (χ3v) is 3.19. The first-order valence-corrected chi connectivity index (χ1v) is 6.19. The minimum absolute atomic E-state index is 0.0590. The summed E-state index contributed by atoms with van der Waals surface area (Å²) >= 11 is 0. The Labute approximate surface area is 81.5 Å². The molecule has 7 heteroatoms. The lowest BCUT2D eigenvalue weighted by atomic mass is 10.0. The van der Waals surface area contributed by atoms with Crippen LogP contribution in [0.5, 0.6) is 0 Å². The van der Waals surface area contributed by atoms with Gasteiger partial charge in [0.2, 0.25) is 0 Å². The summed E-state index contributed by atoms with van der Waals surface area (Å²) in [6.45, 7) is 0.525. The van der Waals surface area contributed by atoms with E-state index in [1.54, 1.807) is 0 Å². The molecule has 0 aromatic heterocycles. The number of carboxylic acids is 1. The Kier molecular flexibility index (Phi) is 3.66. The summed E-state index contributed by atoms with van der Waals surface area (Å²) in [6, 6.07) is -0.559. The second-order valence-corrected chi connectivity index (χ2v) is 5.35. The van der Waals surface area contributed by atoms with Crippen molar-refractivity contribution in [3.05, 3.63) is 0 Å². The number of rotatable bonds is 4. The fourth-order valence-corrected chi connectivity index (χ4v) is 2.27. The molecule has 14 heavy (non-hydrogen) atoms. The average molecular weight is 223 g/mol. The molecule has 0 spiro atoms. The van der Waals surface area contributed by atoms with Crippen LogP contribution in [0.4, 0.5) is 0 Å². The molecule has 82 valence electrons. The second-order valence-electron chi connectivity index (χ2n) is 3.58. The number of hydrogen-bond acceptors (Lipinski definition) is 3. The number of carbonyl (C=O) groups is 1. The van der Waals surface area contributed by atoms with Crippen LogP contribution in [0.15, 0.2) is 0 Å². The van der Waals surface area contributed by atoms with Gasteiger partial charge < -0.3 is 20.2 Å². The third kappa shape index (κ3) is 3.75. The molecule has 1 aliphatic heterocycles. The minimum atomic E-state index is -3.94. The van der Waals surface area contributed by atoms with Gasteiger partial charge in [0.25, 0.3) is 0 Å². The smallest absolute Gasteiger partial charge is 0.325 e. The van der Waals surface area contributed by atoms with Crippen molar-refractivity contribution in [2.45, 2.75) is 18.9 Å². The van der Waals surface area contributed by atoms with Crippen LogP contribution in [0.3, 0.4) is 0 Å². The molecule has 0 bridgehead atoms. The summed E-state index contributed by atoms with van der Waals surface area (Å²) in [5.74, 6) is -0.840. The van der Waals surface area contributed by atoms with Gasteiger partial charge in [-0.3, -0.25) is 9.36 Å². The Bertz CT molecular complexity index is 263. The maximum absolute atomic E-state index is 10.6. The average Bonchev–Trinajstić information content (AvgIpc) is 2.47. The van der Waals surface area contributed by atoms with Crippen LogP contribution >= 0.6 is 7.60 Å². The summed E-state index contributed by atoms with van der Waals surface area (Å²) < 4.78 is 10.6. The van der Waals surface area contributed by atoms with Crippen LogP contribution in [0.25, 0.3) is 0 Å². The van der Waals surface area contributed by atoms with E-state index >= 15 is 0 Å². The zero-order chi connectivity index (χ0) is 10.8. The Hall–Kier alpha value is -0.420. The van der Waals surface area contributed by atoms with Crippen molar-refractivity contribution >= 4 is 13.6 Å². The van der Waals surface area contributed by atoms with Gasteiger partial charge in [0, 0.05) is 0 Å². The maximum atomic E-state index is 10.6. The van der Waals surface area contributed by atoms with Gasteiger partial charge in [-0.15, -0.1) is 0 Å². The summed E-state index contributed by atoms with van der Waals surface area (Å²) in [6.07, 6.45) is 0.669. The van der Waals surface area contributed by atoms with Gasteiger partial charge in [0.05, 0.1) is 6.16 Å². The van der Waals surface area contributed by atoms with Gasteiger partial charge in [-0.1, -0.05) is 0 Å². The predicted molar refractivity (Wildman–Crippen MR) is 49.1 cm³/mol. The van der Waals surface area contributed by atoms with Gasteiger partial charge in [-0.25, -0.2) is 0 Å². The van der Waals surface area contributed by atoms with Crippen molar-refractivity contribution in [1.82, 2.24) is 5.32 Å². The lowest BCUT2D eigenvalue weighted by Gasteiger charge is -2.08. The fourth-order valence-electron chi connectivity index (χ4n) is 1.57. The predicted octanol–water partition coefficient (Wildman–Crippen LogP) is -0.383. The molecule has 1 saturated heterocycles. The van der Waals surface area contributed by atoms with E-state index in [-0.39, 0.29) is 12.1 Å². The third-order valence-electron chi connectivity index (χ3n) is 2.35.